The minimum atomic E-state index is -0.178. The molecule has 0 saturated carbocycles. The van der Waals surface area contributed by atoms with Gasteiger partial charge >= 0.3 is 0 Å². The van der Waals surface area contributed by atoms with Gasteiger partial charge in [-0.3, -0.25) is 4.79 Å². The third-order valence-electron chi connectivity index (χ3n) is 2.96. The van der Waals surface area contributed by atoms with Gasteiger partial charge in [-0.15, -0.1) is 0 Å². The zero-order valence-electron chi connectivity index (χ0n) is 11.5. The van der Waals surface area contributed by atoms with Crippen LogP contribution in [-0.2, 0) is 4.79 Å². The number of ether oxygens (including phenoxy) is 2. The van der Waals surface area contributed by atoms with E-state index >= 15 is 0 Å². The molecule has 0 saturated heterocycles. The van der Waals surface area contributed by atoms with E-state index < -0.39 is 0 Å². The Morgan fingerprint density at radius 2 is 2.25 bits per heavy atom. The van der Waals surface area contributed by atoms with Gasteiger partial charge < -0.3 is 14.4 Å². The first-order valence-corrected chi connectivity index (χ1v) is 6.32. The van der Waals surface area contributed by atoms with E-state index in [1.807, 2.05) is 18.2 Å². The summed E-state index contributed by atoms with van der Waals surface area (Å²) in [6.45, 7) is 2.43. The van der Waals surface area contributed by atoms with Crippen LogP contribution >= 0.6 is 0 Å². The Morgan fingerprint density at radius 1 is 1.50 bits per heavy atom. The van der Waals surface area contributed by atoms with Crippen LogP contribution in [0.3, 0.4) is 0 Å². The quantitative estimate of drug-likeness (QED) is 0.787. The minimum absolute atomic E-state index is 0.134. The average molecular weight is 272 g/mol. The number of fused-ring (bicyclic) bond motifs is 1. The molecule has 0 fully saturated rings. The van der Waals surface area contributed by atoms with Gasteiger partial charge in [0.25, 0.3) is 0 Å². The molecule has 1 atom stereocenters. The van der Waals surface area contributed by atoms with Crippen LogP contribution in [0, 0.1) is 17.2 Å². The second-order valence-electron chi connectivity index (χ2n) is 4.69. The van der Waals surface area contributed by atoms with Gasteiger partial charge in [-0.25, -0.2) is 0 Å². The number of nitrogens with zero attached hydrogens (tertiary/aromatic N) is 2. The fraction of sp³-hybridized carbons (Fsp3) is 0.333. The first-order valence-electron chi connectivity index (χ1n) is 6.32. The normalized spacial score (nSPS) is 14.1. The monoisotopic (exact) mass is 272 g/mol. The first-order chi connectivity index (χ1) is 9.60. The highest BCUT2D eigenvalue weighted by Crippen LogP contribution is 2.32. The van der Waals surface area contributed by atoms with Crippen molar-refractivity contribution >= 4 is 12.0 Å². The van der Waals surface area contributed by atoms with E-state index in [0.717, 1.165) is 5.56 Å². The highest BCUT2D eigenvalue weighted by molar-refractivity contribution is 5.91. The molecule has 1 aromatic carbocycles. The number of hydrogen-bond acceptors (Lipinski definition) is 4. The van der Waals surface area contributed by atoms with Crippen LogP contribution in [-0.4, -0.2) is 31.2 Å². The Morgan fingerprint density at radius 3 is 3.00 bits per heavy atom. The molecule has 0 unspecified atom stereocenters. The highest BCUT2D eigenvalue weighted by atomic mass is 16.7. The molecule has 0 spiro atoms. The van der Waals surface area contributed by atoms with Gasteiger partial charge in [-0.05, 0) is 30.7 Å². The maximum atomic E-state index is 11.9. The molecule has 0 aliphatic carbocycles. The summed E-state index contributed by atoms with van der Waals surface area (Å²) in [5.74, 6) is 1.09. The Labute approximate surface area is 118 Å². The van der Waals surface area contributed by atoms with Gasteiger partial charge in [0.2, 0.25) is 12.7 Å². The predicted octanol–water partition coefficient (Wildman–Crippen LogP) is 2.05. The van der Waals surface area contributed by atoms with Crippen molar-refractivity contribution in [3.63, 3.8) is 0 Å². The molecule has 1 heterocycles. The van der Waals surface area contributed by atoms with E-state index in [9.17, 15) is 4.79 Å². The largest absolute Gasteiger partial charge is 0.454 e. The van der Waals surface area contributed by atoms with Crippen LogP contribution in [0.15, 0.2) is 24.3 Å². The standard InChI is InChI=1S/C15H16N2O3/c1-11(8-16)9-17(2)15(18)6-4-12-3-5-13-14(7-12)20-10-19-13/h3-7,11H,9-10H2,1-2H3/b6-4+/t11-/m0/s1. The molecule has 1 aromatic rings. The number of amides is 1. The van der Waals surface area contributed by atoms with Crippen LogP contribution in [0.25, 0.3) is 6.08 Å². The maximum Gasteiger partial charge on any atom is 0.246 e. The Kier molecular flexibility index (Phi) is 4.26. The summed E-state index contributed by atoms with van der Waals surface area (Å²) >= 11 is 0. The molecule has 1 aliphatic heterocycles. The number of benzene rings is 1. The molecule has 20 heavy (non-hydrogen) atoms. The summed E-state index contributed by atoms with van der Waals surface area (Å²) < 4.78 is 10.5. The van der Waals surface area contributed by atoms with Crippen LogP contribution in [0.4, 0.5) is 0 Å². The maximum absolute atomic E-state index is 11.9. The summed E-state index contributed by atoms with van der Waals surface area (Å²) in [6.07, 6.45) is 3.21. The van der Waals surface area contributed by atoms with Crippen molar-refractivity contribution in [3.8, 4) is 17.6 Å². The molecule has 0 radical (unpaired) electrons. The van der Waals surface area contributed by atoms with Crippen LogP contribution in [0.2, 0.25) is 0 Å². The summed E-state index contributed by atoms with van der Waals surface area (Å²) in [4.78, 5) is 13.4. The van der Waals surface area contributed by atoms with Gasteiger partial charge in [-0.2, -0.15) is 5.26 Å². The number of carbonyl (C=O) groups excluding carboxylic acids is 1. The zero-order chi connectivity index (χ0) is 14.5. The van der Waals surface area contributed by atoms with E-state index in [0.29, 0.717) is 18.0 Å². The van der Waals surface area contributed by atoms with E-state index in [-0.39, 0.29) is 18.6 Å². The summed E-state index contributed by atoms with van der Waals surface area (Å²) in [5, 5.41) is 8.73. The molecule has 1 amide bonds. The van der Waals surface area contributed by atoms with E-state index in [1.165, 1.54) is 11.0 Å². The Balaban J connectivity index is 1.99. The number of carbonyl (C=O) groups is 1. The second-order valence-corrected chi connectivity index (χ2v) is 4.69. The Hall–Kier alpha value is -2.48. The number of nitriles is 1. The molecule has 5 heteroatoms. The predicted molar refractivity (Wildman–Crippen MR) is 74.0 cm³/mol. The summed E-state index contributed by atoms with van der Waals surface area (Å²) in [6, 6.07) is 7.60. The molecule has 1 aliphatic rings. The molecule has 0 bridgehead atoms. The van der Waals surface area contributed by atoms with Crippen molar-refractivity contribution in [1.29, 1.82) is 5.26 Å². The molecular formula is C15H16N2O3. The van der Waals surface area contributed by atoms with E-state index in [2.05, 4.69) is 6.07 Å². The topological polar surface area (TPSA) is 62.6 Å². The van der Waals surface area contributed by atoms with Gasteiger partial charge in [0.1, 0.15) is 0 Å². The molecule has 5 nitrogen and oxygen atoms in total. The lowest BCUT2D eigenvalue weighted by Crippen LogP contribution is -2.29. The SMILES string of the molecule is C[C@@H](C#N)CN(C)C(=O)/C=C/c1ccc2c(c1)OCO2. The zero-order valence-corrected chi connectivity index (χ0v) is 11.5. The number of likely N-dealkylation sites (N-methyl/N-ethyl adjacent to an activating group) is 1. The van der Waals surface area contributed by atoms with Gasteiger partial charge in [-0.1, -0.05) is 6.07 Å². The van der Waals surface area contributed by atoms with Crippen LogP contribution < -0.4 is 9.47 Å². The fourth-order valence-electron chi connectivity index (χ4n) is 1.85. The molecule has 2 rings (SSSR count). The first kappa shape index (κ1) is 13.9. The van der Waals surface area contributed by atoms with E-state index in [1.54, 1.807) is 20.0 Å². The third-order valence-corrected chi connectivity index (χ3v) is 2.96. The average Bonchev–Trinajstić information content (AvgIpc) is 2.91. The van der Waals surface area contributed by atoms with Crippen molar-refractivity contribution in [2.45, 2.75) is 6.92 Å². The fourth-order valence-corrected chi connectivity index (χ4v) is 1.85. The number of hydrogen-bond donors (Lipinski definition) is 0. The highest BCUT2D eigenvalue weighted by Gasteiger charge is 2.13. The summed E-state index contributed by atoms with van der Waals surface area (Å²) in [5.41, 5.74) is 0.865. The van der Waals surface area contributed by atoms with E-state index in [4.69, 9.17) is 14.7 Å². The lowest BCUT2D eigenvalue weighted by atomic mass is 10.1. The van der Waals surface area contributed by atoms with Crippen molar-refractivity contribution < 1.29 is 14.3 Å². The lowest BCUT2D eigenvalue weighted by molar-refractivity contribution is -0.125. The molecule has 0 N–H and O–H groups in total. The van der Waals surface area contributed by atoms with Crippen molar-refractivity contribution in [2.75, 3.05) is 20.4 Å². The molecular weight excluding hydrogens is 256 g/mol. The minimum Gasteiger partial charge on any atom is -0.454 e. The van der Waals surface area contributed by atoms with Gasteiger partial charge in [0, 0.05) is 19.7 Å². The molecule has 104 valence electrons. The van der Waals surface area contributed by atoms with Crippen LogP contribution in [0.1, 0.15) is 12.5 Å². The van der Waals surface area contributed by atoms with Crippen molar-refractivity contribution in [1.82, 2.24) is 4.90 Å². The van der Waals surface area contributed by atoms with Crippen molar-refractivity contribution in [3.05, 3.63) is 29.8 Å². The smallest absolute Gasteiger partial charge is 0.246 e. The molecule has 0 aromatic heterocycles. The van der Waals surface area contributed by atoms with Gasteiger partial charge in [0.15, 0.2) is 11.5 Å². The lowest BCUT2D eigenvalue weighted by Gasteiger charge is -2.15. The summed E-state index contributed by atoms with van der Waals surface area (Å²) in [7, 11) is 1.68. The second kappa shape index (κ2) is 6.11. The van der Waals surface area contributed by atoms with Crippen molar-refractivity contribution in [2.24, 2.45) is 5.92 Å². The Bertz CT molecular complexity index is 575. The van der Waals surface area contributed by atoms with Gasteiger partial charge in [0.05, 0.1) is 12.0 Å². The number of rotatable bonds is 4. The third kappa shape index (κ3) is 3.29. The van der Waals surface area contributed by atoms with Crippen LogP contribution in [0.5, 0.6) is 11.5 Å².